The first-order chi connectivity index (χ1) is 3.68. The van der Waals surface area contributed by atoms with Crippen molar-refractivity contribution in [1.29, 1.82) is 0 Å². The molecule has 0 unspecified atom stereocenters. The number of rotatable bonds is 3. The van der Waals surface area contributed by atoms with Crippen molar-refractivity contribution in [3.8, 4) is 0 Å². The molecule has 0 rings (SSSR count). The third kappa shape index (κ3) is 2.20. The third-order valence-corrected chi connectivity index (χ3v) is 4.97. The Morgan fingerprint density at radius 2 is 1.62 bits per heavy atom. The first-order valence-electron chi connectivity index (χ1n) is 2.22. The van der Waals surface area contributed by atoms with E-state index in [0.29, 0.717) is 10.5 Å². The Bertz CT molecular complexity index is 57.3. The van der Waals surface area contributed by atoms with Gasteiger partial charge in [0.05, 0.1) is 14.2 Å². The van der Waals surface area contributed by atoms with Gasteiger partial charge in [0.2, 0.25) is 10.5 Å². The molecule has 0 heterocycles. The van der Waals surface area contributed by atoms with Crippen molar-refractivity contribution in [1.82, 2.24) is 0 Å². The number of hydrogen-bond acceptors (Lipinski definition) is 3. The highest BCUT2D eigenvalue weighted by Crippen LogP contribution is 2.55. The molecule has 0 aliphatic carbocycles. The summed E-state index contributed by atoms with van der Waals surface area (Å²) in [4.78, 5) is 0. The van der Waals surface area contributed by atoms with Crippen LogP contribution in [0, 0.1) is 0 Å². The van der Waals surface area contributed by atoms with Gasteiger partial charge in [-0.3, -0.25) is 0 Å². The van der Waals surface area contributed by atoms with Crippen LogP contribution in [0.2, 0.25) is 0 Å². The molecule has 3 nitrogen and oxygen atoms in total. The minimum Gasteiger partial charge on any atom is -0.244 e. The van der Waals surface area contributed by atoms with Crippen molar-refractivity contribution in [3.05, 3.63) is 0 Å². The van der Waals surface area contributed by atoms with E-state index in [4.69, 9.17) is 13.3 Å². The zero-order valence-electron chi connectivity index (χ0n) is 5.67. The van der Waals surface area contributed by atoms with Gasteiger partial charge in [0.1, 0.15) is 6.66 Å². The standard InChI is InChI=1S/C3H12O3PSi/c1-4-7(3,5-2)6-8/h1-3,8H3/q+1. The van der Waals surface area contributed by atoms with Crippen LogP contribution in [0.25, 0.3) is 0 Å². The second-order valence-electron chi connectivity index (χ2n) is 1.32. The average molecular weight is 155 g/mol. The molecule has 8 heavy (non-hydrogen) atoms. The summed E-state index contributed by atoms with van der Waals surface area (Å²) in [7, 11) is 2.00. The van der Waals surface area contributed by atoms with Crippen LogP contribution < -0.4 is 0 Å². The molecule has 0 saturated heterocycles. The van der Waals surface area contributed by atoms with E-state index < -0.39 is 7.94 Å². The molecule has 0 aromatic carbocycles. The van der Waals surface area contributed by atoms with E-state index in [-0.39, 0.29) is 0 Å². The average Bonchev–Trinajstić information content (AvgIpc) is 1.87. The monoisotopic (exact) mass is 155 g/mol. The van der Waals surface area contributed by atoms with Gasteiger partial charge in [-0.05, 0) is 0 Å². The van der Waals surface area contributed by atoms with Crippen LogP contribution in [0.5, 0.6) is 0 Å². The van der Waals surface area contributed by atoms with Crippen molar-refractivity contribution in [2.75, 3.05) is 20.9 Å². The van der Waals surface area contributed by atoms with Gasteiger partial charge >= 0.3 is 7.94 Å². The van der Waals surface area contributed by atoms with Gasteiger partial charge in [0.15, 0.2) is 0 Å². The fraction of sp³-hybridized carbons (Fsp3) is 1.00. The van der Waals surface area contributed by atoms with Gasteiger partial charge in [-0.2, -0.15) is 9.05 Å². The highest BCUT2D eigenvalue weighted by Gasteiger charge is 2.32. The first kappa shape index (κ1) is 8.53. The molecule has 0 saturated carbocycles. The second-order valence-corrected chi connectivity index (χ2v) is 5.05. The maximum absolute atomic E-state index is 5.04. The molecular formula is C3H12O3PSi+. The van der Waals surface area contributed by atoms with Crippen LogP contribution in [0.4, 0.5) is 0 Å². The van der Waals surface area contributed by atoms with E-state index in [1.54, 1.807) is 14.2 Å². The Hall–Kier alpha value is 0.527. The molecule has 0 aliphatic heterocycles. The lowest BCUT2D eigenvalue weighted by atomic mass is 11.8. The van der Waals surface area contributed by atoms with E-state index >= 15 is 0 Å². The molecule has 0 N–H and O–H groups in total. The van der Waals surface area contributed by atoms with Crippen LogP contribution in [0.3, 0.4) is 0 Å². The number of hydrogen-bond donors (Lipinski definition) is 0. The summed E-state index contributed by atoms with van der Waals surface area (Å²) in [5.74, 6) is 0. The molecule has 0 aromatic rings. The zero-order chi connectivity index (χ0) is 6.62. The van der Waals surface area contributed by atoms with Gasteiger partial charge < -0.3 is 0 Å². The van der Waals surface area contributed by atoms with Crippen LogP contribution in [-0.2, 0) is 13.3 Å². The van der Waals surface area contributed by atoms with E-state index in [1.165, 1.54) is 0 Å². The Labute approximate surface area is 53.4 Å². The van der Waals surface area contributed by atoms with Crippen LogP contribution in [0.15, 0.2) is 0 Å². The van der Waals surface area contributed by atoms with Crippen molar-refractivity contribution >= 4 is 18.4 Å². The third-order valence-electron chi connectivity index (χ3n) is 0.995. The fourth-order valence-corrected chi connectivity index (χ4v) is 1.57. The van der Waals surface area contributed by atoms with E-state index in [0.717, 1.165) is 0 Å². The fourth-order valence-electron chi connectivity index (χ4n) is 0.224. The summed E-state index contributed by atoms with van der Waals surface area (Å²) < 4.78 is 14.9. The topological polar surface area (TPSA) is 27.7 Å². The van der Waals surface area contributed by atoms with Crippen LogP contribution >= 0.6 is 7.94 Å². The maximum atomic E-state index is 5.04. The van der Waals surface area contributed by atoms with Gasteiger partial charge in [-0.15, -0.1) is 0 Å². The smallest absolute Gasteiger partial charge is 0.244 e. The summed E-state index contributed by atoms with van der Waals surface area (Å²) in [5.41, 5.74) is 0. The highest BCUT2D eigenvalue weighted by atomic mass is 31.2. The lowest BCUT2D eigenvalue weighted by Crippen LogP contribution is -1.97. The summed E-state index contributed by atoms with van der Waals surface area (Å²) in [6, 6.07) is 0. The van der Waals surface area contributed by atoms with E-state index in [9.17, 15) is 0 Å². The van der Waals surface area contributed by atoms with Crippen molar-refractivity contribution in [3.63, 3.8) is 0 Å². The van der Waals surface area contributed by atoms with Crippen molar-refractivity contribution in [2.24, 2.45) is 0 Å². The van der Waals surface area contributed by atoms with Gasteiger partial charge in [-0.1, -0.05) is 0 Å². The molecule has 0 amide bonds. The minimum atomic E-state index is -1.85. The molecule has 0 aliphatic rings. The van der Waals surface area contributed by atoms with Crippen molar-refractivity contribution in [2.45, 2.75) is 0 Å². The summed E-state index contributed by atoms with van der Waals surface area (Å²) in [6.45, 7) is 1.83. The second kappa shape index (κ2) is 3.53. The normalized spacial score (nSPS) is 12.4. The van der Waals surface area contributed by atoms with Crippen LogP contribution in [0.1, 0.15) is 0 Å². The molecule has 0 fully saturated rings. The molecule has 0 radical (unpaired) electrons. The lowest BCUT2D eigenvalue weighted by molar-refractivity contribution is 0.260. The predicted molar refractivity (Wildman–Crippen MR) is 37.9 cm³/mol. The zero-order valence-corrected chi connectivity index (χ0v) is 8.57. The molecule has 0 atom stereocenters. The molecule has 0 spiro atoms. The first-order valence-corrected chi connectivity index (χ1v) is 5.03. The van der Waals surface area contributed by atoms with Gasteiger partial charge in [0, 0.05) is 0 Å². The molecule has 0 bridgehead atoms. The Morgan fingerprint density at radius 3 is 1.62 bits per heavy atom. The lowest BCUT2D eigenvalue weighted by Gasteiger charge is -2.11. The summed E-state index contributed by atoms with van der Waals surface area (Å²) in [6.07, 6.45) is 0. The highest BCUT2D eigenvalue weighted by molar-refractivity contribution is 7.61. The summed E-state index contributed by atoms with van der Waals surface area (Å²) >= 11 is 0. The quantitative estimate of drug-likeness (QED) is 0.423. The molecule has 0 aromatic heterocycles. The summed E-state index contributed by atoms with van der Waals surface area (Å²) in [5, 5.41) is 0. The molecule has 5 heteroatoms. The largest absolute Gasteiger partial charge is 0.395 e. The maximum Gasteiger partial charge on any atom is 0.395 e. The molecular weight excluding hydrogens is 143 g/mol. The van der Waals surface area contributed by atoms with Gasteiger partial charge in [0.25, 0.3) is 0 Å². The SMILES string of the molecule is CO[P+](C)(OC)O[SiH3]. The Morgan fingerprint density at radius 1 is 1.25 bits per heavy atom. The van der Waals surface area contributed by atoms with Crippen molar-refractivity contribution < 1.29 is 13.3 Å². The van der Waals surface area contributed by atoms with Crippen LogP contribution in [-0.4, -0.2) is 31.4 Å². The minimum absolute atomic E-state index is 0.665. The Kier molecular flexibility index (Phi) is 3.77. The Balaban J connectivity index is 3.58. The van der Waals surface area contributed by atoms with E-state index in [1.807, 2.05) is 6.66 Å². The molecule has 50 valence electrons. The van der Waals surface area contributed by atoms with Gasteiger partial charge in [-0.25, -0.2) is 4.21 Å². The van der Waals surface area contributed by atoms with E-state index in [2.05, 4.69) is 0 Å². The predicted octanol–water partition coefficient (Wildman–Crippen LogP) is -0.0314.